The molecule has 0 fully saturated rings. The summed E-state index contributed by atoms with van der Waals surface area (Å²) in [6.07, 6.45) is 0.815. The lowest BCUT2D eigenvalue weighted by Crippen LogP contribution is -2.22. The van der Waals surface area contributed by atoms with E-state index in [1.165, 1.54) is 0 Å². The molecule has 2 heterocycles. The summed E-state index contributed by atoms with van der Waals surface area (Å²) in [7, 11) is 3.26. The van der Waals surface area contributed by atoms with Crippen LogP contribution in [0, 0.1) is 0 Å². The first-order chi connectivity index (χ1) is 17.6. The molecule has 5 aromatic rings. The Hall–Kier alpha value is -4.10. The highest BCUT2D eigenvalue weighted by atomic mass is 32.1. The zero-order chi connectivity index (χ0) is 25.1. The summed E-state index contributed by atoms with van der Waals surface area (Å²) in [5.41, 5.74) is 6.70. The van der Waals surface area contributed by atoms with Gasteiger partial charge in [-0.15, -0.1) is 11.3 Å². The normalized spacial score (nSPS) is 11.0. The Morgan fingerprint density at radius 3 is 2.53 bits per heavy atom. The third-order valence-corrected chi connectivity index (χ3v) is 7.14. The molecule has 0 aliphatic rings. The molecule has 0 aliphatic heterocycles. The average Bonchev–Trinajstić information content (AvgIpc) is 3.56. The van der Waals surface area contributed by atoms with Gasteiger partial charge in [0.2, 0.25) is 0 Å². The molecule has 3 aromatic carbocycles. The Kier molecular flexibility index (Phi) is 6.73. The Balaban J connectivity index is 1.37. The highest BCUT2D eigenvalue weighted by Gasteiger charge is 2.16. The molecular weight excluding hydrogens is 470 g/mol. The van der Waals surface area contributed by atoms with Gasteiger partial charge in [0, 0.05) is 38.7 Å². The van der Waals surface area contributed by atoms with Crippen LogP contribution < -0.4 is 14.8 Å². The summed E-state index contributed by atoms with van der Waals surface area (Å²) in [4.78, 5) is 21.2. The number of amides is 1. The lowest BCUT2D eigenvalue weighted by Gasteiger charge is -2.10. The predicted molar refractivity (Wildman–Crippen MR) is 145 cm³/mol. The van der Waals surface area contributed by atoms with E-state index in [-0.39, 0.29) is 5.91 Å². The molecule has 2 aromatic heterocycles. The van der Waals surface area contributed by atoms with Gasteiger partial charge in [-0.1, -0.05) is 37.3 Å². The molecule has 5 rings (SSSR count). The van der Waals surface area contributed by atoms with Gasteiger partial charge in [0.25, 0.3) is 5.91 Å². The van der Waals surface area contributed by atoms with Gasteiger partial charge < -0.3 is 19.8 Å². The van der Waals surface area contributed by atoms with E-state index >= 15 is 0 Å². The number of carbonyl (C=O) groups is 1. The van der Waals surface area contributed by atoms with Crippen molar-refractivity contribution in [1.82, 2.24) is 15.3 Å². The number of fused-ring (bicyclic) bond motifs is 1. The van der Waals surface area contributed by atoms with E-state index in [1.54, 1.807) is 25.6 Å². The van der Waals surface area contributed by atoms with Crippen molar-refractivity contribution in [3.63, 3.8) is 0 Å². The summed E-state index contributed by atoms with van der Waals surface area (Å²) >= 11 is 1.58. The minimum atomic E-state index is -0.123. The van der Waals surface area contributed by atoms with Crippen LogP contribution in [0.1, 0.15) is 28.5 Å². The fraction of sp³-hybridized carbons (Fsp3) is 0.172. The fourth-order valence-electron chi connectivity index (χ4n) is 4.37. The van der Waals surface area contributed by atoms with Crippen molar-refractivity contribution in [1.29, 1.82) is 0 Å². The second-order valence-corrected chi connectivity index (χ2v) is 9.21. The number of hydrogen-bond donors (Lipinski definition) is 2. The standard InChI is InChI=1S/C29H27N3O3S/c1-4-22-23-14-20(28(33)30-16-21-17-36-29(31-21)18-8-6-5-7-9-18)10-12-24(23)32-27(22)19-11-13-25(34-2)26(15-19)35-3/h5-15,17,32H,4,16H2,1-3H3,(H,30,33). The first-order valence-electron chi connectivity index (χ1n) is 11.8. The molecule has 0 saturated carbocycles. The van der Waals surface area contributed by atoms with Crippen LogP contribution in [-0.4, -0.2) is 30.1 Å². The van der Waals surface area contributed by atoms with E-state index < -0.39 is 0 Å². The van der Waals surface area contributed by atoms with Gasteiger partial charge in [-0.05, 0) is 48.4 Å². The minimum absolute atomic E-state index is 0.123. The number of rotatable bonds is 8. The van der Waals surface area contributed by atoms with E-state index in [4.69, 9.17) is 9.47 Å². The summed E-state index contributed by atoms with van der Waals surface area (Å²) in [6, 6.07) is 21.7. The van der Waals surface area contributed by atoms with Gasteiger partial charge in [-0.3, -0.25) is 4.79 Å². The van der Waals surface area contributed by atoms with Crippen LogP contribution in [0.3, 0.4) is 0 Å². The number of H-pyrrole nitrogens is 1. The molecule has 0 radical (unpaired) electrons. The lowest BCUT2D eigenvalue weighted by molar-refractivity contribution is 0.0950. The zero-order valence-electron chi connectivity index (χ0n) is 20.4. The number of carbonyl (C=O) groups excluding carboxylic acids is 1. The van der Waals surface area contributed by atoms with E-state index in [9.17, 15) is 4.79 Å². The maximum Gasteiger partial charge on any atom is 0.251 e. The maximum absolute atomic E-state index is 13.0. The Bertz CT molecular complexity index is 1520. The van der Waals surface area contributed by atoms with Crippen molar-refractivity contribution < 1.29 is 14.3 Å². The maximum atomic E-state index is 13.0. The predicted octanol–water partition coefficient (Wildman–Crippen LogP) is 6.47. The highest BCUT2D eigenvalue weighted by molar-refractivity contribution is 7.13. The van der Waals surface area contributed by atoms with Crippen molar-refractivity contribution in [3.05, 3.63) is 88.9 Å². The van der Waals surface area contributed by atoms with Crippen molar-refractivity contribution in [2.24, 2.45) is 0 Å². The first-order valence-corrected chi connectivity index (χ1v) is 12.6. The van der Waals surface area contributed by atoms with Crippen molar-refractivity contribution in [3.8, 4) is 33.3 Å². The van der Waals surface area contributed by atoms with Gasteiger partial charge >= 0.3 is 0 Å². The molecule has 6 nitrogen and oxygen atoms in total. The van der Waals surface area contributed by atoms with Crippen LogP contribution in [0.4, 0.5) is 0 Å². The third-order valence-electron chi connectivity index (χ3n) is 6.20. The third kappa shape index (κ3) is 4.57. The monoisotopic (exact) mass is 497 g/mol. The number of hydrogen-bond acceptors (Lipinski definition) is 5. The van der Waals surface area contributed by atoms with Crippen molar-refractivity contribution in [2.75, 3.05) is 14.2 Å². The van der Waals surface area contributed by atoms with Gasteiger partial charge in [-0.25, -0.2) is 4.98 Å². The molecule has 0 unspecified atom stereocenters. The Labute approximate surface area is 213 Å². The fourth-order valence-corrected chi connectivity index (χ4v) is 5.19. The molecule has 182 valence electrons. The number of aryl methyl sites for hydroxylation is 1. The number of thiazole rings is 1. The summed E-state index contributed by atoms with van der Waals surface area (Å²) in [5, 5.41) is 6.99. The van der Waals surface area contributed by atoms with Crippen LogP contribution in [0.2, 0.25) is 0 Å². The lowest BCUT2D eigenvalue weighted by atomic mass is 10.0. The first kappa shape index (κ1) is 23.6. The summed E-state index contributed by atoms with van der Waals surface area (Å²) in [5.74, 6) is 1.24. The zero-order valence-corrected chi connectivity index (χ0v) is 21.2. The van der Waals surface area contributed by atoms with Crippen LogP contribution in [0.15, 0.2) is 72.1 Å². The summed E-state index contributed by atoms with van der Waals surface area (Å²) in [6.45, 7) is 2.50. The van der Waals surface area contributed by atoms with Gasteiger partial charge in [0.15, 0.2) is 11.5 Å². The number of nitrogens with one attached hydrogen (secondary N) is 2. The largest absolute Gasteiger partial charge is 0.493 e. The Morgan fingerprint density at radius 2 is 1.78 bits per heavy atom. The number of ether oxygens (including phenoxy) is 2. The van der Waals surface area contributed by atoms with Gasteiger partial charge in [0.05, 0.1) is 26.5 Å². The van der Waals surface area contributed by atoms with Crippen LogP contribution in [0.5, 0.6) is 11.5 Å². The number of benzene rings is 3. The van der Waals surface area contributed by atoms with Crippen LogP contribution in [0.25, 0.3) is 32.7 Å². The number of aromatic amines is 1. The van der Waals surface area contributed by atoms with Crippen LogP contribution >= 0.6 is 11.3 Å². The topological polar surface area (TPSA) is 76.2 Å². The van der Waals surface area contributed by atoms with Crippen molar-refractivity contribution in [2.45, 2.75) is 19.9 Å². The quantitative estimate of drug-likeness (QED) is 0.258. The molecule has 36 heavy (non-hydrogen) atoms. The molecule has 0 bridgehead atoms. The second-order valence-electron chi connectivity index (χ2n) is 8.35. The molecule has 0 spiro atoms. The second kappa shape index (κ2) is 10.3. The molecule has 0 aliphatic carbocycles. The summed E-state index contributed by atoms with van der Waals surface area (Å²) < 4.78 is 10.9. The van der Waals surface area contributed by atoms with E-state index in [0.717, 1.165) is 50.4 Å². The Morgan fingerprint density at radius 1 is 0.972 bits per heavy atom. The van der Waals surface area contributed by atoms with Crippen LogP contribution in [-0.2, 0) is 13.0 Å². The van der Waals surface area contributed by atoms with E-state index in [2.05, 4.69) is 22.2 Å². The molecular formula is C29H27N3O3S. The molecule has 1 amide bonds. The number of aromatic nitrogens is 2. The molecule has 2 N–H and O–H groups in total. The van der Waals surface area contributed by atoms with E-state index in [1.807, 2.05) is 72.1 Å². The number of methoxy groups -OCH3 is 2. The highest BCUT2D eigenvalue weighted by Crippen LogP contribution is 2.36. The average molecular weight is 498 g/mol. The van der Waals surface area contributed by atoms with Crippen molar-refractivity contribution >= 4 is 28.1 Å². The van der Waals surface area contributed by atoms with Gasteiger partial charge in [-0.2, -0.15) is 0 Å². The minimum Gasteiger partial charge on any atom is -0.493 e. The molecule has 0 saturated heterocycles. The molecule has 7 heteroatoms. The smallest absolute Gasteiger partial charge is 0.251 e. The van der Waals surface area contributed by atoms with E-state index in [0.29, 0.717) is 23.6 Å². The number of nitrogens with zero attached hydrogens (tertiary/aromatic N) is 1. The van der Waals surface area contributed by atoms with Gasteiger partial charge in [0.1, 0.15) is 5.01 Å². The SMILES string of the molecule is CCc1c(-c2ccc(OC)c(OC)c2)[nH]c2ccc(C(=O)NCc3csc(-c4ccccc4)n3)cc12. The molecule has 0 atom stereocenters.